The predicted octanol–water partition coefficient (Wildman–Crippen LogP) is 6.72. The number of hydrogen-bond donors (Lipinski definition) is 2. The van der Waals surface area contributed by atoms with Crippen LogP contribution in [-0.2, 0) is 0 Å². The van der Waals surface area contributed by atoms with Crippen molar-refractivity contribution in [3.63, 3.8) is 0 Å². The molecule has 0 spiro atoms. The molecule has 0 amide bonds. The van der Waals surface area contributed by atoms with Crippen LogP contribution in [0.5, 0.6) is 11.8 Å². The first kappa shape index (κ1) is 30.5. The van der Waals surface area contributed by atoms with Crippen molar-refractivity contribution in [3.8, 4) is 22.2 Å². The number of hydrogen-bond acceptors (Lipinski definition) is 10. The fraction of sp³-hybridized carbons (Fsp3) is 0.0769. The molecule has 0 bridgehead atoms. The van der Waals surface area contributed by atoms with Crippen molar-refractivity contribution in [3.05, 3.63) is 86.3 Å². The summed E-state index contributed by atoms with van der Waals surface area (Å²) in [6.07, 6.45) is 10.6. The van der Waals surface area contributed by atoms with Gasteiger partial charge in [-0.05, 0) is 95.0 Å². The summed E-state index contributed by atoms with van der Waals surface area (Å²) < 4.78 is 15.3. The molecule has 0 atom stereocenters. The van der Waals surface area contributed by atoms with Crippen LogP contribution in [0.25, 0.3) is 30.6 Å². The van der Waals surface area contributed by atoms with Gasteiger partial charge in [0.2, 0.25) is 11.8 Å². The van der Waals surface area contributed by atoms with Crippen LogP contribution in [0.3, 0.4) is 0 Å². The molecule has 0 unspecified atom stereocenters. The Morgan fingerprint density at radius 2 is 1.30 bits per heavy atom. The Bertz CT molecular complexity index is 1670. The Morgan fingerprint density at radius 1 is 0.725 bits per heavy atom. The van der Waals surface area contributed by atoms with E-state index in [1.807, 2.05) is 36.8 Å². The first-order chi connectivity index (χ1) is 19.3. The molecule has 6 aromatic heterocycles. The monoisotopic (exact) mass is 764 g/mol. The largest absolute Gasteiger partial charge is 0.494 e. The Kier molecular flexibility index (Phi) is 11.0. The van der Waals surface area contributed by atoms with Gasteiger partial charge < -0.3 is 19.5 Å². The van der Waals surface area contributed by atoms with E-state index in [4.69, 9.17) is 19.5 Å². The number of pyridine rings is 4. The first-order valence-corrected chi connectivity index (χ1v) is 15.4. The quantitative estimate of drug-likeness (QED) is 0.191. The Balaban J connectivity index is 0.000000147. The van der Waals surface area contributed by atoms with Crippen molar-refractivity contribution in [1.29, 1.82) is 0 Å². The SMILES string of the molecule is Brc1cc2ccncc2s1.COc1ncc(Br)cc1-c1cc2ccncc2s1.COc1ncc(Br)cc1B(O)O. The van der Waals surface area contributed by atoms with Gasteiger partial charge in [0.15, 0.2) is 0 Å². The second-order valence-electron chi connectivity index (χ2n) is 7.82. The number of aromatic nitrogens is 4. The van der Waals surface area contributed by atoms with Crippen LogP contribution in [0.1, 0.15) is 0 Å². The van der Waals surface area contributed by atoms with E-state index in [0.717, 1.165) is 23.4 Å². The molecular weight excluding hydrogens is 747 g/mol. The van der Waals surface area contributed by atoms with Gasteiger partial charge in [0.1, 0.15) is 0 Å². The van der Waals surface area contributed by atoms with E-state index in [0.29, 0.717) is 10.4 Å². The molecule has 40 heavy (non-hydrogen) atoms. The maximum absolute atomic E-state index is 8.87. The number of methoxy groups -OCH3 is 2. The lowest BCUT2D eigenvalue weighted by molar-refractivity contribution is 0.391. The molecule has 6 heterocycles. The van der Waals surface area contributed by atoms with Crippen LogP contribution < -0.4 is 14.9 Å². The van der Waals surface area contributed by atoms with Gasteiger partial charge in [-0.25, -0.2) is 9.97 Å². The molecule has 0 fully saturated rings. The number of fused-ring (bicyclic) bond motifs is 2. The number of ether oxygens (including phenoxy) is 2. The van der Waals surface area contributed by atoms with E-state index in [9.17, 15) is 0 Å². The Morgan fingerprint density at radius 3 is 1.88 bits per heavy atom. The van der Waals surface area contributed by atoms with Crippen LogP contribution in [-0.4, -0.2) is 51.3 Å². The lowest BCUT2D eigenvalue weighted by atomic mass is 9.81. The molecule has 0 aliphatic rings. The summed E-state index contributed by atoms with van der Waals surface area (Å²) in [5.74, 6) is 0.853. The molecule has 6 rings (SSSR count). The van der Waals surface area contributed by atoms with Crippen molar-refractivity contribution in [2.75, 3.05) is 14.2 Å². The lowest BCUT2D eigenvalue weighted by Gasteiger charge is -2.05. The fourth-order valence-electron chi connectivity index (χ4n) is 3.43. The fourth-order valence-corrected chi connectivity index (χ4v) is 6.67. The summed E-state index contributed by atoms with van der Waals surface area (Å²) in [7, 11) is 1.49. The molecule has 0 radical (unpaired) electrons. The summed E-state index contributed by atoms with van der Waals surface area (Å²) in [6, 6.07) is 11.8. The molecule has 0 aromatic carbocycles. The van der Waals surface area contributed by atoms with E-state index in [1.165, 1.54) is 34.8 Å². The van der Waals surface area contributed by atoms with Crippen molar-refractivity contribution in [1.82, 2.24) is 19.9 Å². The highest BCUT2D eigenvalue weighted by Crippen LogP contribution is 2.38. The molecule has 8 nitrogen and oxygen atoms in total. The zero-order valence-corrected chi connectivity index (χ0v) is 27.3. The summed E-state index contributed by atoms with van der Waals surface area (Å²) in [4.78, 5) is 17.4. The third kappa shape index (κ3) is 7.84. The maximum Gasteiger partial charge on any atom is 0.494 e. The summed E-state index contributed by atoms with van der Waals surface area (Å²) in [5.41, 5.74) is 1.24. The molecule has 0 aliphatic heterocycles. The van der Waals surface area contributed by atoms with Crippen molar-refractivity contribution in [2.45, 2.75) is 0 Å². The van der Waals surface area contributed by atoms with Gasteiger partial charge >= 0.3 is 7.12 Å². The van der Waals surface area contributed by atoms with Crippen LogP contribution in [0, 0.1) is 0 Å². The van der Waals surface area contributed by atoms with Gasteiger partial charge in [-0.2, -0.15) is 0 Å². The summed E-state index contributed by atoms with van der Waals surface area (Å²) in [6.45, 7) is 0. The lowest BCUT2D eigenvalue weighted by Crippen LogP contribution is -2.31. The highest BCUT2D eigenvalue weighted by atomic mass is 79.9. The van der Waals surface area contributed by atoms with E-state index in [2.05, 4.69) is 79.9 Å². The first-order valence-electron chi connectivity index (χ1n) is 11.4. The van der Waals surface area contributed by atoms with Crippen molar-refractivity contribution >= 4 is 103 Å². The van der Waals surface area contributed by atoms with Crippen molar-refractivity contribution < 1.29 is 19.5 Å². The minimum absolute atomic E-state index is 0.216. The van der Waals surface area contributed by atoms with Crippen molar-refractivity contribution in [2.24, 2.45) is 0 Å². The van der Waals surface area contributed by atoms with E-state index in [1.54, 1.807) is 42.2 Å². The minimum atomic E-state index is -1.56. The smallest absolute Gasteiger partial charge is 0.481 e. The summed E-state index contributed by atoms with van der Waals surface area (Å²) >= 11 is 13.4. The second-order valence-corrected chi connectivity index (χ2v) is 13.2. The normalized spacial score (nSPS) is 10.4. The number of thiophene rings is 2. The van der Waals surface area contributed by atoms with Gasteiger partial charge in [0, 0.05) is 56.5 Å². The zero-order valence-electron chi connectivity index (χ0n) is 21.0. The second kappa shape index (κ2) is 14.4. The van der Waals surface area contributed by atoms with Crippen LogP contribution in [0.2, 0.25) is 0 Å². The standard InChI is InChI=1S/C13H9BrN2OS.C7H4BrNS.C6H7BBrNO3/c1-17-13-10(5-9(14)6-16-13)11-4-8-2-3-15-7-12(8)18-11;8-7-3-5-1-2-9-4-6(5)10-7;1-12-6-5(7(10)11)2-4(8)3-9-6/h2-7H,1H3;1-4H;2-3,10-11H,1H3. The summed E-state index contributed by atoms with van der Waals surface area (Å²) in [5, 5.41) is 20.2. The molecule has 0 saturated heterocycles. The number of nitrogens with zero attached hydrogens (tertiary/aromatic N) is 4. The average molecular weight is 767 g/mol. The molecule has 2 N–H and O–H groups in total. The zero-order chi connectivity index (χ0) is 28.6. The van der Waals surface area contributed by atoms with Gasteiger partial charge in [-0.15, -0.1) is 22.7 Å². The van der Waals surface area contributed by atoms with E-state index in [-0.39, 0.29) is 11.3 Å². The van der Waals surface area contributed by atoms with Crippen LogP contribution >= 0.6 is 70.5 Å². The van der Waals surface area contributed by atoms with E-state index < -0.39 is 7.12 Å². The van der Waals surface area contributed by atoms with Gasteiger partial charge in [-0.1, -0.05) is 0 Å². The number of rotatable bonds is 4. The van der Waals surface area contributed by atoms with Crippen LogP contribution in [0.4, 0.5) is 0 Å². The molecule has 14 heteroatoms. The minimum Gasteiger partial charge on any atom is -0.481 e. The third-order valence-electron chi connectivity index (χ3n) is 5.21. The number of halogens is 3. The third-order valence-corrected chi connectivity index (χ3v) is 8.78. The van der Waals surface area contributed by atoms with Crippen LogP contribution in [0.15, 0.2) is 86.3 Å². The van der Waals surface area contributed by atoms with Gasteiger partial charge in [0.05, 0.1) is 33.0 Å². The topological polar surface area (TPSA) is 110 Å². The van der Waals surface area contributed by atoms with E-state index >= 15 is 0 Å². The Labute approximate surface area is 263 Å². The molecule has 0 aliphatic carbocycles. The maximum atomic E-state index is 8.87. The Hall–Kier alpha value is -2.46. The molecule has 6 aromatic rings. The molecule has 204 valence electrons. The highest BCUT2D eigenvalue weighted by Gasteiger charge is 2.18. The molecular formula is C26H20BBr3N4O4S2. The van der Waals surface area contributed by atoms with Gasteiger partial charge in [0.25, 0.3) is 0 Å². The van der Waals surface area contributed by atoms with Gasteiger partial charge in [-0.3, -0.25) is 9.97 Å². The molecule has 0 saturated carbocycles. The highest BCUT2D eigenvalue weighted by molar-refractivity contribution is 9.11. The predicted molar refractivity (Wildman–Crippen MR) is 173 cm³/mol. The average Bonchev–Trinajstić information content (AvgIpc) is 3.56.